The van der Waals surface area contributed by atoms with Gasteiger partial charge in [0.2, 0.25) is 0 Å². The molecule has 0 saturated carbocycles. The number of hydrogen-bond donors (Lipinski definition) is 2. The fraction of sp³-hybridized carbons (Fsp3) is 0.632. The molecule has 2 saturated heterocycles. The third-order valence-electron chi connectivity index (χ3n) is 5.41. The summed E-state index contributed by atoms with van der Waals surface area (Å²) in [7, 11) is 1.51. The highest BCUT2D eigenvalue weighted by molar-refractivity contribution is 6.30. The van der Waals surface area contributed by atoms with Gasteiger partial charge in [0.1, 0.15) is 0 Å². The van der Waals surface area contributed by atoms with Crippen molar-refractivity contribution in [2.24, 2.45) is 0 Å². The summed E-state index contributed by atoms with van der Waals surface area (Å²) in [5.74, 6) is -0.176. The van der Waals surface area contributed by atoms with Crippen LogP contribution in [0, 0.1) is 0 Å². The van der Waals surface area contributed by atoms with E-state index in [0.717, 1.165) is 31.2 Å². The second-order valence-corrected chi connectivity index (χ2v) is 7.67. The van der Waals surface area contributed by atoms with Crippen LogP contribution in [-0.2, 0) is 11.3 Å². The van der Waals surface area contributed by atoms with E-state index in [2.05, 4.69) is 4.90 Å². The Morgan fingerprint density at radius 1 is 1.35 bits per heavy atom. The molecule has 0 radical (unpaired) electrons. The third-order valence-corrected chi connectivity index (χ3v) is 5.63. The molecule has 2 fully saturated rings. The van der Waals surface area contributed by atoms with Crippen molar-refractivity contribution in [2.75, 3.05) is 7.11 Å². The number of rotatable bonds is 6. The van der Waals surface area contributed by atoms with Crippen LogP contribution in [0.25, 0.3) is 0 Å². The Kier molecular flexibility index (Phi) is 5.95. The average Bonchev–Trinajstić information content (AvgIpc) is 2.57. The van der Waals surface area contributed by atoms with E-state index in [1.165, 1.54) is 20.5 Å². The molecule has 2 N–H and O–H groups in total. The number of hydrogen-bond acceptors (Lipinski definition) is 5. The molecule has 1 aromatic rings. The zero-order valence-electron chi connectivity index (χ0n) is 15.2. The number of halogens is 1. The molecule has 2 bridgehead atoms. The van der Waals surface area contributed by atoms with Crippen molar-refractivity contribution in [2.45, 2.75) is 69.9 Å². The second kappa shape index (κ2) is 8.03. The van der Waals surface area contributed by atoms with E-state index in [0.29, 0.717) is 35.2 Å². The Hall–Kier alpha value is -1.50. The van der Waals surface area contributed by atoms with Crippen molar-refractivity contribution in [3.05, 3.63) is 22.7 Å². The molecule has 0 aliphatic carbocycles. The maximum atomic E-state index is 11.2. The molecule has 0 aromatic heterocycles. The quantitative estimate of drug-likeness (QED) is 0.785. The zero-order chi connectivity index (χ0) is 18.8. The molecule has 2 unspecified atom stereocenters. The summed E-state index contributed by atoms with van der Waals surface area (Å²) in [5, 5.41) is 19.8. The van der Waals surface area contributed by atoms with Gasteiger partial charge in [0, 0.05) is 35.3 Å². The van der Waals surface area contributed by atoms with Crippen LogP contribution in [0.1, 0.15) is 44.6 Å². The summed E-state index contributed by atoms with van der Waals surface area (Å²) in [6, 6.07) is 4.10. The molecular weight excluding hydrogens is 358 g/mol. The summed E-state index contributed by atoms with van der Waals surface area (Å²) < 4.78 is 11.1. The smallest absolute Gasteiger partial charge is 0.344 e. The topological polar surface area (TPSA) is 79.2 Å². The van der Waals surface area contributed by atoms with Crippen molar-refractivity contribution in [3.8, 4) is 11.5 Å². The number of nitrogens with zero attached hydrogens (tertiary/aromatic N) is 1. The van der Waals surface area contributed by atoms with Crippen LogP contribution in [0.15, 0.2) is 12.1 Å². The second-order valence-electron chi connectivity index (χ2n) is 7.23. The summed E-state index contributed by atoms with van der Waals surface area (Å²) in [4.78, 5) is 13.6. The molecule has 3 rings (SSSR count). The minimum atomic E-state index is -1.04. The molecule has 2 heterocycles. The minimum Gasteiger partial charge on any atom is -0.493 e. The standard InChI is InChI=1S/C19H26ClNO5/c1-11(19(23)24)26-18-12(6-13(20)7-17(18)25-2)10-21-14-4-3-5-15(21)9-16(22)8-14/h6-7,11,14-16,22H,3-5,8-10H2,1-2H3,(H,23,24)/t11?,14-,15+,16?. The van der Waals surface area contributed by atoms with Crippen molar-refractivity contribution in [1.82, 2.24) is 4.90 Å². The summed E-state index contributed by atoms with van der Waals surface area (Å²) in [5.41, 5.74) is 0.815. The number of aliphatic carboxylic acids is 1. The Morgan fingerprint density at radius 2 is 2.00 bits per heavy atom. The molecule has 144 valence electrons. The Labute approximate surface area is 158 Å². The van der Waals surface area contributed by atoms with Crippen LogP contribution in [0.2, 0.25) is 5.02 Å². The zero-order valence-corrected chi connectivity index (χ0v) is 15.9. The summed E-state index contributed by atoms with van der Waals surface area (Å²) in [6.07, 6.45) is 3.62. The number of fused-ring (bicyclic) bond motifs is 2. The number of carbonyl (C=O) groups is 1. The van der Waals surface area contributed by atoms with E-state index in [1.54, 1.807) is 6.07 Å². The first-order valence-corrected chi connectivity index (χ1v) is 9.46. The van der Waals surface area contributed by atoms with Crippen LogP contribution in [0.5, 0.6) is 11.5 Å². The molecule has 2 aliphatic rings. The Morgan fingerprint density at radius 3 is 2.58 bits per heavy atom. The van der Waals surface area contributed by atoms with Gasteiger partial charge in [0.05, 0.1) is 13.2 Å². The number of piperidine rings is 2. The van der Waals surface area contributed by atoms with Gasteiger partial charge in [-0.05, 0) is 38.7 Å². The SMILES string of the molecule is COc1cc(Cl)cc(CN2[C@@H]3CCC[C@H]2CC(O)C3)c1OC(C)C(=O)O. The van der Waals surface area contributed by atoms with E-state index in [9.17, 15) is 15.0 Å². The largest absolute Gasteiger partial charge is 0.493 e. The van der Waals surface area contributed by atoms with Crippen LogP contribution >= 0.6 is 11.6 Å². The van der Waals surface area contributed by atoms with E-state index < -0.39 is 12.1 Å². The van der Waals surface area contributed by atoms with Crippen molar-refractivity contribution in [3.63, 3.8) is 0 Å². The lowest BCUT2D eigenvalue weighted by Gasteiger charge is -2.48. The molecule has 1 aromatic carbocycles. The van der Waals surface area contributed by atoms with Gasteiger partial charge in [-0.25, -0.2) is 4.79 Å². The number of carboxylic acids is 1. The molecule has 4 atom stereocenters. The van der Waals surface area contributed by atoms with Gasteiger partial charge in [-0.15, -0.1) is 0 Å². The van der Waals surface area contributed by atoms with Gasteiger partial charge >= 0.3 is 5.97 Å². The lowest BCUT2D eigenvalue weighted by molar-refractivity contribution is -0.144. The van der Waals surface area contributed by atoms with Gasteiger partial charge in [-0.2, -0.15) is 0 Å². The first-order valence-electron chi connectivity index (χ1n) is 9.08. The number of ether oxygens (including phenoxy) is 2. The first-order chi connectivity index (χ1) is 12.4. The number of carboxylic acid groups (broad SMARTS) is 1. The van der Waals surface area contributed by atoms with Crippen molar-refractivity contribution in [1.29, 1.82) is 0 Å². The number of benzene rings is 1. The molecule has 0 spiro atoms. The number of aliphatic hydroxyl groups excluding tert-OH is 1. The van der Waals surface area contributed by atoms with Crippen molar-refractivity contribution < 1.29 is 24.5 Å². The number of methoxy groups -OCH3 is 1. The van der Waals surface area contributed by atoms with Crippen LogP contribution in [-0.4, -0.2) is 52.5 Å². The molecule has 0 amide bonds. The maximum Gasteiger partial charge on any atom is 0.344 e. The van der Waals surface area contributed by atoms with E-state index in [1.807, 2.05) is 6.07 Å². The third kappa shape index (κ3) is 4.08. The molecule has 26 heavy (non-hydrogen) atoms. The predicted molar refractivity (Wildman–Crippen MR) is 97.9 cm³/mol. The molecule has 6 nitrogen and oxygen atoms in total. The highest BCUT2D eigenvalue weighted by Gasteiger charge is 2.38. The van der Waals surface area contributed by atoms with Crippen LogP contribution in [0.3, 0.4) is 0 Å². The fourth-order valence-electron chi connectivity index (χ4n) is 4.16. The first kappa shape index (κ1) is 19.3. The van der Waals surface area contributed by atoms with Gasteiger partial charge in [-0.3, -0.25) is 4.90 Å². The maximum absolute atomic E-state index is 11.2. The van der Waals surface area contributed by atoms with Gasteiger partial charge < -0.3 is 19.7 Å². The number of aliphatic hydroxyl groups is 1. The normalized spacial score (nSPS) is 27.0. The fourth-order valence-corrected chi connectivity index (χ4v) is 4.39. The molecule has 2 aliphatic heterocycles. The van der Waals surface area contributed by atoms with E-state index in [4.69, 9.17) is 21.1 Å². The molecule has 7 heteroatoms. The van der Waals surface area contributed by atoms with Gasteiger partial charge in [0.15, 0.2) is 17.6 Å². The lowest BCUT2D eigenvalue weighted by atomic mass is 9.82. The highest BCUT2D eigenvalue weighted by Crippen LogP contribution is 2.40. The highest BCUT2D eigenvalue weighted by atomic mass is 35.5. The summed E-state index contributed by atoms with van der Waals surface area (Å²) in [6.45, 7) is 2.09. The Balaban J connectivity index is 1.91. The van der Waals surface area contributed by atoms with E-state index >= 15 is 0 Å². The van der Waals surface area contributed by atoms with Crippen molar-refractivity contribution >= 4 is 17.6 Å². The van der Waals surface area contributed by atoms with Gasteiger partial charge in [0.25, 0.3) is 0 Å². The monoisotopic (exact) mass is 383 g/mol. The summed E-state index contributed by atoms with van der Waals surface area (Å²) >= 11 is 6.25. The molecular formula is C19H26ClNO5. The van der Waals surface area contributed by atoms with Crippen LogP contribution in [0.4, 0.5) is 0 Å². The van der Waals surface area contributed by atoms with Gasteiger partial charge in [-0.1, -0.05) is 18.0 Å². The lowest BCUT2D eigenvalue weighted by Crippen LogP contribution is -2.52. The van der Waals surface area contributed by atoms with E-state index in [-0.39, 0.29) is 6.10 Å². The van der Waals surface area contributed by atoms with Crippen LogP contribution < -0.4 is 9.47 Å². The average molecular weight is 384 g/mol. The Bertz CT molecular complexity index is 654. The minimum absolute atomic E-state index is 0.238. The predicted octanol–water partition coefficient (Wildman–Crippen LogP) is 3.08.